The molecule has 29 heavy (non-hydrogen) atoms. The van der Waals surface area contributed by atoms with Gasteiger partial charge in [-0.05, 0) is 57.0 Å². The predicted octanol–water partition coefficient (Wildman–Crippen LogP) is 3.58. The first kappa shape index (κ1) is 21.1. The van der Waals surface area contributed by atoms with Gasteiger partial charge in [-0.15, -0.1) is 0 Å². The highest BCUT2D eigenvalue weighted by atomic mass is 16.5. The third-order valence-electron chi connectivity index (χ3n) is 5.29. The van der Waals surface area contributed by atoms with Gasteiger partial charge in [-0.2, -0.15) is 0 Å². The average Bonchev–Trinajstić information content (AvgIpc) is 2.73. The number of esters is 1. The summed E-state index contributed by atoms with van der Waals surface area (Å²) < 4.78 is 4.99. The summed E-state index contributed by atoms with van der Waals surface area (Å²) in [5.41, 5.74) is 3.13. The molecule has 0 spiro atoms. The van der Waals surface area contributed by atoms with Crippen LogP contribution in [-0.2, 0) is 4.74 Å². The third-order valence-corrected chi connectivity index (χ3v) is 5.29. The molecule has 1 atom stereocenters. The first-order valence-electron chi connectivity index (χ1n) is 10.5. The van der Waals surface area contributed by atoms with Gasteiger partial charge in [0.25, 0.3) is 0 Å². The molecule has 6 heteroatoms. The molecule has 6 nitrogen and oxygen atoms in total. The smallest absolute Gasteiger partial charge is 0.339 e. The Kier molecular flexibility index (Phi) is 7.47. The molecule has 1 saturated heterocycles. The summed E-state index contributed by atoms with van der Waals surface area (Å²) in [7, 11) is 0. The second-order valence-corrected chi connectivity index (χ2v) is 7.65. The largest absolute Gasteiger partial charge is 0.462 e. The number of aryl methyl sites for hydroxylation is 1. The van der Waals surface area contributed by atoms with E-state index in [0.717, 1.165) is 45.0 Å². The second kappa shape index (κ2) is 10.3. The summed E-state index contributed by atoms with van der Waals surface area (Å²) in [5.74, 6) is 0.458. The number of ether oxygens (including phenoxy) is 1. The van der Waals surface area contributed by atoms with Crippen LogP contribution in [-0.4, -0.2) is 61.2 Å². The van der Waals surface area contributed by atoms with Crippen molar-refractivity contribution in [2.45, 2.75) is 33.2 Å². The molecule has 1 aliphatic heterocycles. The van der Waals surface area contributed by atoms with Crippen LogP contribution in [0.15, 0.2) is 42.6 Å². The van der Waals surface area contributed by atoms with Crippen molar-refractivity contribution in [3.8, 4) is 0 Å². The van der Waals surface area contributed by atoms with Crippen molar-refractivity contribution < 1.29 is 9.53 Å². The highest BCUT2D eigenvalue weighted by Gasteiger charge is 2.18. The van der Waals surface area contributed by atoms with Crippen molar-refractivity contribution in [2.24, 2.45) is 0 Å². The number of rotatable bonds is 8. The van der Waals surface area contributed by atoms with Gasteiger partial charge in [0.2, 0.25) is 0 Å². The molecule has 0 amide bonds. The second-order valence-electron chi connectivity index (χ2n) is 7.65. The molecule has 0 aliphatic carbocycles. The minimum Gasteiger partial charge on any atom is -0.462 e. The number of aromatic nitrogens is 1. The van der Waals surface area contributed by atoms with Crippen LogP contribution in [0, 0.1) is 6.92 Å². The number of piperazine rings is 1. The zero-order valence-corrected chi connectivity index (χ0v) is 17.7. The van der Waals surface area contributed by atoms with Crippen LogP contribution in [0.2, 0.25) is 0 Å². The molecular formula is C23H32N4O2. The van der Waals surface area contributed by atoms with Crippen molar-refractivity contribution in [1.82, 2.24) is 9.88 Å². The molecule has 0 unspecified atom stereocenters. The van der Waals surface area contributed by atoms with Crippen molar-refractivity contribution in [1.29, 1.82) is 0 Å². The zero-order valence-electron chi connectivity index (χ0n) is 17.7. The standard InChI is InChI=1S/C23H32N4O2/c1-4-29-23(28)20-8-9-22(24-17-20)25-19(3)10-11-26-12-14-27(15-13-26)21-7-5-6-18(2)16-21/h5-9,16-17,19H,4,10-15H2,1-3H3,(H,24,25)/t19-/m0/s1. The molecule has 1 aromatic heterocycles. The molecule has 0 radical (unpaired) electrons. The summed E-state index contributed by atoms with van der Waals surface area (Å²) in [6.45, 7) is 11.9. The van der Waals surface area contributed by atoms with E-state index < -0.39 is 0 Å². The van der Waals surface area contributed by atoms with Gasteiger partial charge in [-0.3, -0.25) is 4.90 Å². The van der Waals surface area contributed by atoms with Crippen LogP contribution in [0.4, 0.5) is 11.5 Å². The lowest BCUT2D eigenvalue weighted by atomic mass is 10.1. The van der Waals surface area contributed by atoms with E-state index >= 15 is 0 Å². The number of hydrogen-bond donors (Lipinski definition) is 1. The lowest BCUT2D eigenvalue weighted by Gasteiger charge is -2.36. The fraction of sp³-hybridized carbons (Fsp3) is 0.478. The number of hydrogen-bond acceptors (Lipinski definition) is 6. The molecule has 0 saturated carbocycles. The molecule has 2 aromatic rings. The summed E-state index contributed by atoms with van der Waals surface area (Å²) in [4.78, 5) is 21.0. The Labute approximate surface area is 173 Å². The van der Waals surface area contributed by atoms with Crippen molar-refractivity contribution in [3.05, 3.63) is 53.7 Å². The van der Waals surface area contributed by atoms with Gasteiger partial charge in [0.15, 0.2) is 0 Å². The van der Waals surface area contributed by atoms with Crippen molar-refractivity contribution in [2.75, 3.05) is 49.5 Å². The Morgan fingerprint density at radius 1 is 1.21 bits per heavy atom. The minimum atomic E-state index is -0.329. The lowest BCUT2D eigenvalue weighted by Crippen LogP contribution is -2.47. The number of pyridine rings is 1. The SMILES string of the molecule is CCOC(=O)c1ccc(N[C@@H](C)CCN2CCN(c3cccc(C)c3)CC2)nc1. The van der Waals surface area contributed by atoms with Crippen LogP contribution in [0.5, 0.6) is 0 Å². The van der Waals surface area contributed by atoms with Gasteiger partial charge in [0, 0.05) is 50.6 Å². The maximum absolute atomic E-state index is 11.7. The lowest BCUT2D eigenvalue weighted by molar-refractivity contribution is 0.0526. The molecule has 1 aromatic carbocycles. The topological polar surface area (TPSA) is 57.7 Å². The molecule has 2 heterocycles. The van der Waals surface area contributed by atoms with Gasteiger partial charge < -0.3 is 15.0 Å². The third kappa shape index (κ3) is 6.19. The number of nitrogens with zero attached hydrogens (tertiary/aromatic N) is 3. The predicted molar refractivity (Wildman–Crippen MR) is 118 cm³/mol. The van der Waals surface area contributed by atoms with Crippen molar-refractivity contribution >= 4 is 17.5 Å². The molecule has 0 bridgehead atoms. The van der Waals surface area contributed by atoms with Gasteiger partial charge in [0.05, 0.1) is 12.2 Å². The van der Waals surface area contributed by atoms with Gasteiger partial charge in [-0.25, -0.2) is 9.78 Å². The number of nitrogens with one attached hydrogen (secondary N) is 1. The fourth-order valence-electron chi connectivity index (χ4n) is 3.57. The highest BCUT2D eigenvalue weighted by Crippen LogP contribution is 2.18. The normalized spacial score (nSPS) is 15.8. The van der Waals surface area contributed by atoms with E-state index in [2.05, 4.69) is 58.2 Å². The molecule has 156 valence electrons. The number of carbonyl (C=O) groups is 1. The van der Waals surface area contributed by atoms with Crippen LogP contribution < -0.4 is 10.2 Å². The molecule has 3 rings (SSSR count). The highest BCUT2D eigenvalue weighted by molar-refractivity contribution is 5.89. The number of benzene rings is 1. The Balaban J connectivity index is 1.40. The van der Waals surface area contributed by atoms with Crippen LogP contribution in [0.25, 0.3) is 0 Å². The Morgan fingerprint density at radius 2 is 2.00 bits per heavy atom. The fourth-order valence-corrected chi connectivity index (χ4v) is 3.57. The van der Waals surface area contributed by atoms with Gasteiger partial charge in [0.1, 0.15) is 5.82 Å². The summed E-state index contributed by atoms with van der Waals surface area (Å²) in [6.07, 6.45) is 2.61. The Bertz CT molecular complexity index is 786. The van der Waals surface area contributed by atoms with Crippen molar-refractivity contribution in [3.63, 3.8) is 0 Å². The number of anilines is 2. The maximum Gasteiger partial charge on any atom is 0.339 e. The summed E-state index contributed by atoms with van der Waals surface area (Å²) >= 11 is 0. The molecule has 1 aliphatic rings. The first-order valence-corrected chi connectivity index (χ1v) is 10.5. The average molecular weight is 397 g/mol. The Morgan fingerprint density at radius 3 is 2.66 bits per heavy atom. The maximum atomic E-state index is 11.7. The van der Waals surface area contributed by atoms with E-state index in [1.807, 2.05) is 6.07 Å². The monoisotopic (exact) mass is 396 g/mol. The van der Waals surface area contributed by atoms with Crippen LogP contribution in [0.1, 0.15) is 36.2 Å². The first-order chi connectivity index (χ1) is 14.0. The quantitative estimate of drug-likeness (QED) is 0.689. The molecule has 1 fully saturated rings. The summed E-state index contributed by atoms with van der Waals surface area (Å²) in [5, 5.41) is 3.42. The minimum absolute atomic E-state index is 0.311. The van der Waals surface area contributed by atoms with Gasteiger partial charge in [-0.1, -0.05) is 12.1 Å². The van der Waals surface area contributed by atoms with E-state index in [-0.39, 0.29) is 5.97 Å². The van der Waals surface area contributed by atoms with Crippen LogP contribution >= 0.6 is 0 Å². The van der Waals surface area contributed by atoms with E-state index in [1.165, 1.54) is 11.3 Å². The van der Waals surface area contributed by atoms with E-state index in [1.54, 1.807) is 19.2 Å². The van der Waals surface area contributed by atoms with E-state index in [0.29, 0.717) is 18.2 Å². The molecular weight excluding hydrogens is 364 g/mol. The van der Waals surface area contributed by atoms with E-state index in [4.69, 9.17) is 4.74 Å². The van der Waals surface area contributed by atoms with Gasteiger partial charge >= 0.3 is 5.97 Å². The number of carbonyl (C=O) groups excluding carboxylic acids is 1. The zero-order chi connectivity index (χ0) is 20.6. The van der Waals surface area contributed by atoms with Crippen LogP contribution in [0.3, 0.4) is 0 Å². The van der Waals surface area contributed by atoms with E-state index in [9.17, 15) is 4.79 Å². The molecule has 1 N–H and O–H groups in total. The summed E-state index contributed by atoms with van der Waals surface area (Å²) in [6, 6.07) is 12.7. The Hall–Kier alpha value is -2.60.